The number of nitrogen functional groups attached to an aromatic ring is 1. The van der Waals surface area contributed by atoms with E-state index in [1.807, 2.05) is 0 Å². The maximum atomic E-state index is 11.8. The summed E-state index contributed by atoms with van der Waals surface area (Å²) in [5, 5.41) is 11.3. The summed E-state index contributed by atoms with van der Waals surface area (Å²) < 4.78 is 5.09. The van der Waals surface area contributed by atoms with E-state index in [0.717, 1.165) is 0 Å². The van der Waals surface area contributed by atoms with Gasteiger partial charge in [0.2, 0.25) is 5.82 Å². The summed E-state index contributed by atoms with van der Waals surface area (Å²) in [7, 11) is 1.64. The highest BCUT2D eigenvalue weighted by atomic mass is 16.5. The average Bonchev–Trinajstić information content (AvgIpc) is 2.76. The van der Waals surface area contributed by atoms with Crippen LogP contribution in [0, 0.1) is 6.92 Å². The van der Waals surface area contributed by atoms with E-state index in [9.17, 15) is 4.79 Å². The number of nitrogens with two attached hydrogens (primary N) is 1. The molecule has 0 aliphatic heterocycles. The summed E-state index contributed by atoms with van der Waals surface area (Å²) in [6, 6.07) is 5.11. The van der Waals surface area contributed by atoms with Crippen molar-refractivity contribution >= 4 is 11.7 Å². The number of carbonyl (C=O) groups excluding carboxylic acids is 1. The molecule has 18 heavy (non-hydrogen) atoms. The SMILES string of the molecule is Cc1c(N)cccc1C(=O)OCc1nnn(C)n1. The van der Waals surface area contributed by atoms with Crippen LogP contribution < -0.4 is 5.73 Å². The Morgan fingerprint density at radius 1 is 1.50 bits per heavy atom. The third-order valence-corrected chi connectivity index (χ3v) is 2.48. The first-order valence-corrected chi connectivity index (χ1v) is 5.33. The predicted octanol–water partition coefficient (Wildman–Crippen LogP) is 0.458. The molecule has 2 rings (SSSR count). The molecule has 0 radical (unpaired) electrons. The Balaban J connectivity index is 2.06. The summed E-state index contributed by atoms with van der Waals surface area (Å²) in [5.41, 5.74) is 7.43. The lowest BCUT2D eigenvalue weighted by molar-refractivity contribution is 0.0461. The van der Waals surface area contributed by atoms with Gasteiger partial charge in [0.1, 0.15) is 0 Å². The molecule has 0 spiro atoms. The summed E-state index contributed by atoms with van der Waals surface area (Å²) in [5.74, 6) is -0.0975. The van der Waals surface area contributed by atoms with E-state index in [1.165, 1.54) is 4.80 Å². The van der Waals surface area contributed by atoms with Crippen molar-refractivity contribution in [2.24, 2.45) is 7.05 Å². The number of hydrogen-bond donors (Lipinski definition) is 1. The van der Waals surface area contributed by atoms with Gasteiger partial charge in [-0.3, -0.25) is 0 Å². The summed E-state index contributed by atoms with van der Waals surface area (Å²) in [4.78, 5) is 13.1. The van der Waals surface area contributed by atoms with Gasteiger partial charge in [-0.25, -0.2) is 4.79 Å². The minimum Gasteiger partial charge on any atom is -0.454 e. The van der Waals surface area contributed by atoms with Gasteiger partial charge < -0.3 is 10.5 Å². The van der Waals surface area contributed by atoms with Crippen LogP contribution in [0.1, 0.15) is 21.7 Å². The van der Waals surface area contributed by atoms with Crippen LogP contribution in [0.5, 0.6) is 0 Å². The van der Waals surface area contributed by atoms with E-state index in [4.69, 9.17) is 10.5 Å². The van der Waals surface area contributed by atoms with Crippen molar-refractivity contribution in [3.8, 4) is 0 Å². The molecule has 1 heterocycles. The number of hydrogen-bond acceptors (Lipinski definition) is 6. The number of esters is 1. The minimum atomic E-state index is -0.452. The van der Waals surface area contributed by atoms with E-state index in [-0.39, 0.29) is 6.61 Å². The van der Waals surface area contributed by atoms with Gasteiger partial charge in [-0.2, -0.15) is 4.80 Å². The minimum absolute atomic E-state index is 0.0130. The van der Waals surface area contributed by atoms with Gasteiger partial charge in [0.25, 0.3) is 0 Å². The van der Waals surface area contributed by atoms with Gasteiger partial charge in [0.15, 0.2) is 6.61 Å². The van der Waals surface area contributed by atoms with E-state index in [1.54, 1.807) is 32.2 Å². The molecule has 1 aromatic carbocycles. The summed E-state index contributed by atoms with van der Waals surface area (Å²) in [6.07, 6.45) is 0. The molecule has 0 unspecified atom stereocenters. The van der Waals surface area contributed by atoms with Crippen molar-refractivity contribution in [3.05, 3.63) is 35.2 Å². The van der Waals surface area contributed by atoms with Gasteiger partial charge in [0, 0.05) is 5.69 Å². The van der Waals surface area contributed by atoms with Crippen LogP contribution in [0.3, 0.4) is 0 Å². The normalized spacial score (nSPS) is 10.3. The number of benzene rings is 1. The zero-order valence-electron chi connectivity index (χ0n) is 10.1. The molecule has 0 saturated carbocycles. The fourth-order valence-corrected chi connectivity index (χ4v) is 1.46. The lowest BCUT2D eigenvalue weighted by Gasteiger charge is -2.07. The van der Waals surface area contributed by atoms with Gasteiger partial charge >= 0.3 is 5.97 Å². The van der Waals surface area contributed by atoms with Crippen molar-refractivity contribution in [2.45, 2.75) is 13.5 Å². The molecule has 0 fully saturated rings. The largest absolute Gasteiger partial charge is 0.454 e. The Labute approximate surface area is 104 Å². The van der Waals surface area contributed by atoms with Crippen LogP contribution in [0.4, 0.5) is 5.69 Å². The van der Waals surface area contributed by atoms with Crippen LogP contribution in [-0.4, -0.2) is 26.2 Å². The van der Waals surface area contributed by atoms with Crippen molar-refractivity contribution in [3.63, 3.8) is 0 Å². The Morgan fingerprint density at radius 3 is 2.94 bits per heavy atom. The smallest absolute Gasteiger partial charge is 0.338 e. The monoisotopic (exact) mass is 247 g/mol. The maximum Gasteiger partial charge on any atom is 0.338 e. The Kier molecular flexibility index (Phi) is 3.22. The molecule has 0 amide bonds. The van der Waals surface area contributed by atoms with Crippen LogP contribution >= 0.6 is 0 Å². The van der Waals surface area contributed by atoms with Gasteiger partial charge in [-0.05, 0) is 29.8 Å². The predicted molar refractivity (Wildman–Crippen MR) is 63.5 cm³/mol. The van der Waals surface area contributed by atoms with Crippen LogP contribution in [0.2, 0.25) is 0 Å². The number of tetrazole rings is 1. The molecule has 2 N–H and O–H groups in total. The number of aromatic nitrogens is 4. The van der Waals surface area contributed by atoms with Crippen molar-refractivity contribution in [1.82, 2.24) is 20.2 Å². The molecule has 0 atom stereocenters. The molecule has 0 bridgehead atoms. The lowest BCUT2D eigenvalue weighted by Crippen LogP contribution is -2.09. The summed E-state index contributed by atoms with van der Waals surface area (Å²) in [6.45, 7) is 1.76. The third kappa shape index (κ3) is 2.45. The second-order valence-corrected chi connectivity index (χ2v) is 3.79. The van der Waals surface area contributed by atoms with Crippen LogP contribution in [-0.2, 0) is 18.4 Å². The van der Waals surface area contributed by atoms with Gasteiger partial charge in [-0.15, -0.1) is 10.2 Å². The molecule has 0 saturated heterocycles. The standard InChI is InChI=1S/C11H13N5O2/c1-7-8(4-3-5-9(7)12)11(17)18-6-10-13-15-16(2)14-10/h3-5H,6,12H2,1-2H3. The van der Waals surface area contributed by atoms with E-state index < -0.39 is 5.97 Å². The first-order chi connectivity index (χ1) is 8.58. The number of ether oxygens (including phenoxy) is 1. The van der Waals surface area contributed by atoms with Crippen LogP contribution in [0.25, 0.3) is 0 Å². The molecule has 7 heteroatoms. The zero-order valence-corrected chi connectivity index (χ0v) is 10.1. The quantitative estimate of drug-likeness (QED) is 0.625. The van der Waals surface area contributed by atoms with Gasteiger partial charge in [-0.1, -0.05) is 6.07 Å². The lowest BCUT2D eigenvalue weighted by atomic mass is 10.1. The molecule has 94 valence electrons. The molecular weight excluding hydrogens is 234 g/mol. The van der Waals surface area contributed by atoms with E-state index in [2.05, 4.69) is 15.4 Å². The molecule has 7 nitrogen and oxygen atoms in total. The third-order valence-electron chi connectivity index (χ3n) is 2.48. The Morgan fingerprint density at radius 2 is 2.28 bits per heavy atom. The van der Waals surface area contributed by atoms with E-state index >= 15 is 0 Å². The Hall–Kier alpha value is -2.44. The zero-order chi connectivity index (χ0) is 13.1. The average molecular weight is 247 g/mol. The first-order valence-electron chi connectivity index (χ1n) is 5.33. The topological polar surface area (TPSA) is 95.9 Å². The van der Waals surface area contributed by atoms with Crippen LogP contribution in [0.15, 0.2) is 18.2 Å². The number of rotatable bonds is 3. The molecular formula is C11H13N5O2. The number of aryl methyl sites for hydroxylation is 1. The second-order valence-electron chi connectivity index (χ2n) is 3.79. The molecule has 0 aliphatic carbocycles. The number of anilines is 1. The highest BCUT2D eigenvalue weighted by molar-refractivity contribution is 5.92. The van der Waals surface area contributed by atoms with Crippen molar-refractivity contribution < 1.29 is 9.53 Å². The molecule has 1 aromatic heterocycles. The van der Waals surface area contributed by atoms with E-state index in [0.29, 0.717) is 22.6 Å². The number of carbonyl (C=O) groups is 1. The van der Waals surface area contributed by atoms with Crippen molar-refractivity contribution in [1.29, 1.82) is 0 Å². The maximum absolute atomic E-state index is 11.8. The second kappa shape index (κ2) is 4.82. The fraction of sp³-hybridized carbons (Fsp3) is 0.273. The summed E-state index contributed by atoms with van der Waals surface area (Å²) >= 11 is 0. The highest BCUT2D eigenvalue weighted by Crippen LogP contribution is 2.16. The van der Waals surface area contributed by atoms with Gasteiger partial charge in [0.05, 0.1) is 12.6 Å². The van der Waals surface area contributed by atoms with Crippen molar-refractivity contribution in [2.75, 3.05) is 5.73 Å². The molecule has 0 aliphatic rings. The fourth-order valence-electron chi connectivity index (χ4n) is 1.46. The number of nitrogens with zero attached hydrogens (tertiary/aromatic N) is 4. The molecule has 2 aromatic rings. The first kappa shape index (κ1) is 12.0. The highest BCUT2D eigenvalue weighted by Gasteiger charge is 2.13. The Bertz CT molecular complexity index is 579.